The lowest BCUT2D eigenvalue weighted by Gasteiger charge is -2.31. The summed E-state index contributed by atoms with van der Waals surface area (Å²) in [7, 11) is 6.32. The zero-order chi connectivity index (χ0) is 16.1. The van der Waals surface area contributed by atoms with Gasteiger partial charge in [0.25, 0.3) is 5.91 Å². The second kappa shape index (κ2) is 7.35. The number of carbonyl (C=O) groups excluding carboxylic acids is 1. The highest BCUT2D eigenvalue weighted by molar-refractivity contribution is 5.95. The predicted octanol–water partition coefficient (Wildman–Crippen LogP) is 1.96. The van der Waals surface area contributed by atoms with Gasteiger partial charge in [-0.1, -0.05) is 0 Å². The summed E-state index contributed by atoms with van der Waals surface area (Å²) in [6.07, 6.45) is 1.95. The average molecular weight is 309 g/mol. The summed E-state index contributed by atoms with van der Waals surface area (Å²) >= 11 is 0. The van der Waals surface area contributed by atoms with Gasteiger partial charge >= 0.3 is 0 Å². The monoisotopic (exact) mass is 309 g/mol. The fraction of sp³-hybridized carbons (Fsp3) is 0.562. The van der Waals surface area contributed by atoms with Crippen molar-refractivity contribution in [3.8, 4) is 17.2 Å². The van der Waals surface area contributed by atoms with Gasteiger partial charge in [0, 0.05) is 25.8 Å². The largest absolute Gasteiger partial charge is 0.493 e. The van der Waals surface area contributed by atoms with Gasteiger partial charge < -0.3 is 23.8 Å². The van der Waals surface area contributed by atoms with Crippen molar-refractivity contribution in [2.45, 2.75) is 18.9 Å². The molecule has 0 radical (unpaired) electrons. The molecule has 0 aromatic heterocycles. The zero-order valence-electron chi connectivity index (χ0n) is 13.5. The topological polar surface area (TPSA) is 57.2 Å². The number of piperidine rings is 1. The molecule has 1 fully saturated rings. The van der Waals surface area contributed by atoms with Gasteiger partial charge in [0.15, 0.2) is 11.5 Å². The lowest BCUT2D eigenvalue weighted by molar-refractivity contribution is 0.0350. The molecule has 0 N–H and O–H groups in total. The fourth-order valence-corrected chi connectivity index (χ4v) is 2.68. The van der Waals surface area contributed by atoms with Crippen LogP contribution in [0.1, 0.15) is 23.2 Å². The summed E-state index contributed by atoms with van der Waals surface area (Å²) in [5, 5.41) is 0. The van der Waals surface area contributed by atoms with E-state index in [0.29, 0.717) is 35.9 Å². The van der Waals surface area contributed by atoms with Crippen LogP contribution in [0.15, 0.2) is 12.1 Å². The molecule has 1 aromatic carbocycles. The van der Waals surface area contributed by atoms with Gasteiger partial charge in [0.05, 0.1) is 27.4 Å². The molecule has 0 unspecified atom stereocenters. The molecule has 1 saturated heterocycles. The summed E-state index contributed by atoms with van der Waals surface area (Å²) in [6, 6.07) is 3.37. The fourth-order valence-electron chi connectivity index (χ4n) is 2.68. The lowest BCUT2D eigenvalue weighted by Crippen LogP contribution is -2.40. The Balaban J connectivity index is 2.23. The van der Waals surface area contributed by atoms with Gasteiger partial charge in [0.2, 0.25) is 5.75 Å². The van der Waals surface area contributed by atoms with Crippen LogP contribution in [-0.4, -0.2) is 58.4 Å². The maximum Gasteiger partial charge on any atom is 0.254 e. The van der Waals surface area contributed by atoms with E-state index >= 15 is 0 Å². The predicted molar refractivity (Wildman–Crippen MR) is 82.0 cm³/mol. The first kappa shape index (κ1) is 16.4. The van der Waals surface area contributed by atoms with E-state index in [2.05, 4.69) is 0 Å². The van der Waals surface area contributed by atoms with Crippen LogP contribution >= 0.6 is 0 Å². The van der Waals surface area contributed by atoms with Crippen molar-refractivity contribution in [2.24, 2.45) is 0 Å². The molecule has 0 bridgehead atoms. The summed E-state index contributed by atoms with van der Waals surface area (Å²) in [6.45, 7) is 1.38. The smallest absolute Gasteiger partial charge is 0.254 e. The van der Waals surface area contributed by atoms with E-state index in [-0.39, 0.29) is 12.0 Å². The molecule has 0 atom stereocenters. The number of ether oxygens (including phenoxy) is 4. The number of methoxy groups -OCH3 is 4. The first-order chi connectivity index (χ1) is 10.6. The van der Waals surface area contributed by atoms with Crippen molar-refractivity contribution in [2.75, 3.05) is 41.5 Å². The summed E-state index contributed by atoms with van der Waals surface area (Å²) < 4.78 is 21.2. The molecule has 22 heavy (non-hydrogen) atoms. The Hall–Kier alpha value is -1.95. The molecule has 0 aliphatic carbocycles. The van der Waals surface area contributed by atoms with Crippen LogP contribution in [0, 0.1) is 0 Å². The molecule has 1 aliphatic heterocycles. The van der Waals surface area contributed by atoms with Gasteiger partial charge in [-0.15, -0.1) is 0 Å². The van der Waals surface area contributed by atoms with E-state index in [1.807, 2.05) is 4.90 Å². The molecule has 6 heteroatoms. The van der Waals surface area contributed by atoms with E-state index < -0.39 is 0 Å². The minimum Gasteiger partial charge on any atom is -0.493 e. The molecule has 1 amide bonds. The lowest BCUT2D eigenvalue weighted by atomic mass is 10.1. The second-order valence-electron chi connectivity index (χ2n) is 5.14. The zero-order valence-corrected chi connectivity index (χ0v) is 13.5. The molecule has 0 spiro atoms. The van der Waals surface area contributed by atoms with Gasteiger partial charge in [-0.2, -0.15) is 0 Å². The number of nitrogens with zero attached hydrogens (tertiary/aromatic N) is 1. The third-order valence-electron chi connectivity index (χ3n) is 3.97. The molecule has 1 aromatic rings. The number of rotatable bonds is 5. The Morgan fingerprint density at radius 3 is 1.95 bits per heavy atom. The standard InChI is InChI=1S/C16H23NO5/c1-19-12-5-7-17(8-6-12)16(18)11-9-13(20-2)15(22-4)14(10-11)21-3/h9-10,12H,5-8H2,1-4H3. The summed E-state index contributed by atoms with van der Waals surface area (Å²) in [4.78, 5) is 14.5. The summed E-state index contributed by atoms with van der Waals surface area (Å²) in [5.74, 6) is 1.42. The molecular formula is C16H23NO5. The second-order valence-corrected chi connectivity index (χ2v) is 5.14. The molecule has 1 aliphatic rings. The number of likely N-dealkylation sites (tertiary alicyclic amines) is 1. The molecule has 2 rings (SSSR count). The van der Waals surface area contributed by atoms with Crippen molar-refractivity contribution in [1.29, 1.82) is 0 Å². The Morgan fingerprint density at radius 2 is 1.55 bits per heavy atom. The highest BCUT2D eigenvalue weighted by Crippen LogP contribution is 2.38. The SMILES string of the molecule is COc1cc(C(=O)N2CCC(OC)CC2)cc(OC)c1OC. The van der Waals surface area contributed by atoms with Gasteiger partial charge in [0.1, 0.15) is 0 Å². The third-order valence-corrected chi connectivity index (χ3v) is 3.97. The van der Waals surface area contributed by atoms with Crippen molar-refractivity contribution in [3.05, 3.63) is 17.7 Å². The Morgan fingerprint density at radius 1 is 1.00 bits per heavy atom. The van der Waals surface area contributed by atoms with E-state index in [9.17, 15) is 4.79 Å². The number of hydrogen-bond acceptors (Lipinski definition) is 5. The normalized spacial score (nSPS) is 15.5. The first-order valence-electron chi connectivity index (χ1n) is 7.26. The van der Waals surface area contributed by atoms with E-state index in [0.717, 1.165) is 12.8 Å². The first-order valence-corrected chi connectivity index (χ1v) is 7.26. The summed E-state index contributed by atoms with van der Waals surface area (Å²) in [5.41, 5.74) is 0.533. The number of hydrogen-bond donors (Lipinski definition) is 0. The minimum atomic E-state index is -0.0335. The van der Waals surface area contributed by atoms with Gasteiger partial charge in [-0.3, -0.25) is 4.79 Å². The van der Waals surface area contributed by atoms with E-state index in [1.165, 1.54) is 21.3 Å². The third kappa shape index (κ3) is 3.27. The molecule has 122 valence electrons. The van der Waals surface area contributed by atoms with Crippen LogP contribution in [0.2, 0.25) is 0 Å². The number of carbonyl (C=O) groups is 1. The number of benzene rings is 1. The quantitative estimate of drug-likeness (QED) is 0.832. The Kier molecular flexibility index (Phi) is 5.49. The Bertz CT molecular complexity index is 498. The average Bonchev–Trinajstić information content (AvgIpc) is 2.59. The molecular weight excluding hydrogens is 286 g/mol. The van der Waals surface area contributed by atoms with Crippen LogP contribution < -0.4 is 14.2 Å². The van der Waals surface area contributed by atoms with Crippen molar-refractivity contribution >= 4 is 5.91 Å². The van der Waals surface area contributed by atoms with Crippen LogP contribution in [0.3, 0.4) is 0 Å². The van der Waals surface area contributed by atoms with Crippen LogP contribution in [0.4, 0.5) is 0 Å². The van der Waals surface area contributed by atoms with Crippen LogP contribution in [0.25, 0.3) is 0 Å². The molecule has 6 nitrogen and oxygen atoms in total. The molecule has 0 saturated carbocycles. The highest BCUT2D eigenvalue weighted by atomic mass is 16.5. The van der Waals surface area contributed by atoms with Gasteiger partial charge in [-0.05, 0) is 25.0 Å². The minimum absolute atomic E-state index is 0.0335. The highest BCUT2D eigenvalue weighted by Gasteiger charge is 2.25. The van der Waals surface area contributed by atoms with Crippen LogP contribution in [-0.2, 0) is 4.74 Å². The van der Waals surface area contributed by atoms with E-state index in [1.54, 1.807) is 19.2 Å². The van der Waals surface area contributed by atoms with Crippen LogP contribution in [0.5, 0.6) is 17.2 Å². The van der Waals surface area contributed by atoms with Gasteiger partial charge in [-0.25, -0.2) is 0 Å². The van der Waals surface area contributed by atoms with Crippen molar-refractivity contribution in [3.63, 3.8) is 0 Å². The van der Waals surface area contributed by atoms with Crippen molar-refractivity contribution in [1.82, 2.24) is 4.90 Å². The number of amides is 1. The maximum atomic E-state index is 12.7. The van der Waals surface area contributed by atoms with E-state index in [4.69, 9.17) is 18.9 Å². The Labute approximate surface area is 130 Å². The maximum absolute atomic E-state index is 12.7. The molecule has 1 heterocycles. The van der Waals surface area contributed by atoms with Crippen molar-refractivity contribution < 1.29 is 23.7 Å².